The van der Waals surface area contributed by atoms with Crippen molar-refractivity contribution in [3.8, 4) is 0 Å². The molecule has 76 heavy (non-hydrogen) atoms. The quantitative estimate of drug-likeness (QED) is 0.120. The van der Waals surface area contributed by atoms with Crippen molar-refractivity contribution in [2.24, 2.45) is 35.5 Å². The maximum Gasteiger partial charge on any atom is 0.329 e. The summed E-state index contributed by atoms with van der Waals surface area (Å²) in [7, 11) is 0. The lowest BCUT2D eigenvalue weighted by Gasteiger charge is -2.32. The molecule has 10 atom stereocenters. The molecule has 8 N–H and O–H groups in total. The Balaban J connectivity index is 1.97. The molecule has 2 aliphatic heterocycles. The van der Waals surface area contributed by atoms with Gasteiger partial charge < -0.3 is 52.0 Å². The highest BCUT2D eigenvalue weighted by Gasteiger charge is 2.47. The minimum Gasteiger partial charge on any atom is -0.446 e. The Bertz CT molecular complexity index is 2180. The van der Waals surface area contributed by atoms with Crippen molar-refractivity contribution < 1.29 is 57.4 Å². The molecule has 2 saturated heterocycles. The molecule has 2 fully saturated rings. The molecule has 0 aliphatic carbocycles. The Kier molecular flexibility index (Phi) is 23.4. The molecular formula is C56H82N8O12. The predicted molar refractivity (Wildman–Crippen MR) is 283 cm³/mol. The zero-order chi connectivity index (χ0) is 56.6. The molecule has 2 heterocycles. The molecule has 418 valence electrons. The van der Waals surface area contributed by atoms with Crippen LogP contribution in [0, 0.1) is 35.5 Å². The van der Waals surface area contributed by atoms with Crippen LogP contribution in [0.4, 0.5) is 0 Å². The van der Waals surface area contributed by atoms with Gasteiger partial charge in [0.25, 0.3) is 11.8 Å². The Labute approximate surface area is 447 Å². The highest BCUT2D eigenvalue weighted by atomic mass is 16.6. The number of nitrogens with one attached hydrogen (secondary N) is 8. The third kappa shape index (κ3) is 18.8. The van der Waals surface area contributed by atoms with Crippen LogP contribution in [-0.4, -0.2) is 120 Å². The number of carbonyl (C=O) groups is 10. The van der Waals surface area contributed by atoms with Gasteiger partial charge in [0, 0.05) is 12.8 Å². The van der Waals surface area contributed by atoms with Crippen LogP contribution in [0.25, 0.3) is 0 Å². The Hall–Kier alpha value is -6.86. The number of hydrogen-bond acceptors (Lipinski definition) is 12. The summed E-state index contributed by atoms with van der Waals surface area (Å²) in [4.78, 5) is 146. The van der Waals surface area contributed by atoms with Crippen LogP contribution in [0.15, 0.2) is 60.7 Å². The summed E-state index contributed by atoms with van der Waals surface area (Å²) in [6.07, 6.45) is -4.87. The molecule has 2 aromatic rings. The number of hydrogen-bond donors (Lipinski definition) is 8. The second-order valence-electron chi connectivity index (χ2n) is 22.4. The van der Waals surface area contributed by atoms with Crippen LogP contribution in [0.1, 0.15) is 120 Å². The Morgan fingerprint density at radius 2 is 0.592 bits per heavy atom. The van der Waals surface area contributed by atoms with Gasteiger partial charge in [0.05, 0.1) is 0 Å². The van der Waals surface area contributed by atoms with Gasteiger partial charge >= 0.3 is 11.9 Å². The normalized spacial score (nSPS) is 26.4. The first-order chi connectivity index (χ1) is 35.7. The first kappa shape index (κ1) is 61.7. The smallest absolute Gasteiger partial charge is 0.329 e. The second kappa shape index (κ2) is 28.9. The minimum absolute atomic E-state index is 0.0339. The molecule has 8 amide bonds. The molecule has 0 saturated carbocycles. The zero-order valence-corrected chi connectivity index (χ0v) is 46.2. The van der Waals surface area contributed by atoms with Crippen molar-refractivity contribution >= 4 is 59.2 Å². The van der Waals surface area contributed by atoms with Gasteiger partial charge in [-0.3, -0.25) is 38.4 Å². The first-order valence-corrected chi connectivity index (χ1v) is 26.7. The number of rotatable bonds is 15. The molecule has 0 bridgehead atoms. The molecule has 20 heteroatoms. The number of cyclic esters (lactones) is 2. The van der Waals surface area contributed by atoms with Crippen LogP contribution in [0.2, 0.25) is 0 Å². The average Bonchev–Trinajstić information content (AvgIpc) is 3.33. The van der Waals surface area contributed by atoms with E-state index in [0.29, 0.717) is 11.1 Å². The maximum atomic E-state index is 15.1. The Morgan fingerprint density at radius 3 is 0.882 bits per heavy atom. The summed E-state index contributed by atoms with van der Waals surface area (Å²) >= 11 is 0. The lowest BCUT2D eigenvalue weighted by molar-refractivity contribution is -0.180. The SMILES string of the molecule is CC(C)C[C@@H]1NC(=O)[C@H](C(C)C)NC(=O)C(C2OC(=O)[C@H](CC(C)C)NC(=O)[C@H](Cc3ccccc3)NC(=O)[C@H](CC(C)C)NC(=O)[C@H](C(C)C)NC2=O)OC(=O)[C@H](CC(C)C)NC(=O)[C@H](Cc2ccccc2)NC1=O. The number of esters is 2. The highest BCUT2D eigenvalue weighted by molar-refractivity contribution is 6.01. The van der Waals surface area contributed by atoms with Crippen LogP contribution >= 0.6 is 0 Å². The van der Waals surface area contributed by atoms with E-state index in [4.69, 9.17) is 9.47 Å². The molecule has 2 aromatic carbocycles. The maximum absolute atomic E-state index is 15.1. The monoisotopic (exact) mass is 1060 g/mol. The lowest BCUT2D eigenvalue weighted by Crippen LogP contribution is -2.62. The summed E-state index contributed by atoms with van der Waals surface area (Å²) in [5.41, 5.74) is 1.32. The Morgan fingerprint density at radius 1 is 0.329 bits per heavy atom. The predicted octanol–water partition coefficient (Wildman–Crippen LogP) is 2.70. The van der Waals surface area contributed by atoms with E-state index >= 15 is 9.59 Å². The van der Waals surface area contributed by atoms with Gasteiger partial charge in [0.1, 0.15) is 48.3 Å². The van der Waals surface area contributed by atoms with Gasteiger partial charge in [-0.05, 0) is 72.3 Å². The van der Waals surface area contributed by atoms with Gasteiger partial charge in [0.15, 0.2) is 0 Å². The number of benzene rings is 2. The van der Waals surface area contributed by atoms with E-state index in [2.05, 4.69) is 42.5 Å². The minimum atomic E-state index is -2.43. The molecule has 20 nitrogen and oxygen atoms in total. The summed E-state index contributed by atoms with van der Waals surface area (Å²) in [6, 6.07) is 6.56. The van der Waals surface area contributed by atoms with Crippen LogP contribution in [0.3, 0.4) is 0 Å². The third-order valence-electron chi connectivity index (χ3n) is 12.9. The standard InChI is InChI=1S/C56H82N8O12/c1-29(2)23-37-47(65)57-39(27-35-19-15-13-16-20-35)49(67)61-41(25-31(5)6)55(73)75-45(53(71)63-43(33(9)10)51(69)59-37)46-54(72)64-44(34(11)12)52(70)60-38(24-30(3)4)48(66)58-40(28-36-21-17-14-18-22-36)50(68)62-42(26-32(7)8)56(74)76-46/h13-22,29-34,37-46H,23-28H2,1-12H3,(H,57,65)(H,58,66)(H,59,69)(H,60,70)(H,61,67)(H,62,68)(H,63,71)(H,64,72)/t37-,38-,39-,40-,41-,42-,43-,44-,45?,46?/m0/s1. The van der Waals surface area contributed by atoms with Crippen LogP contribution < -0.4 is 42.5 Å². The van der Waals surface area contributed by atoms with E-state index in [9.17, 15) is 38.4 Å². The largest absolute Gasteiger partial charge is 0.446 e. The molecular weight excluding hydrogens is 977 g/mol. The van der Waals surface area contributed by atoms with Gasteiger partial charge in [-0.15, -0.1) is 0 Å². The topological polar surface area (TPSA) is 285 Å². The summed E-state index contributed by atoms with van der Waals surface area (Å²) < 4.78 is 12.0. The van der Waals surface area contributed by atoms with Crippen molar-refractivity contribution in [2.45, 2.75) is 182 Å². The fourth-order valence-electron chi connectivity index (χ4n) is 8.97. The van der Waals surface area contributed by atoms with Crippen LogP contribution in [-0.2, 0) is 70.3 Å². The third-order valence-corrected chi connectivity index (χ3v) is 12.9. The molecule has 0 aromatic heterocycles. The molecule has 0 radical (unpaired) electrons. The number of ether oxygens (including phenoxy) is 2. The first-order valence-electron chi connectivity index (χ1n) is 26.7. The average molecular weight is 1060 g/mol. The molecule has 2 unspecified atom stereocenters. The fourth-order valence-corrected chi connectivity index (χ4v) is 8.97. The summed E-state index contributed by atoms with van der Waals surface area (Å²) in [6.45, 7) is 20.8. The molecule has 0 spiro atoms. The van der Waals surface area contributed by atoms with Crippen molar-refractivity contribution in [1.82, 2.24) is 42.5 Å². The number of amides is 8. The van der Waals surface area contributed by atoms with E-state index < -0.39 is 132 Å². The van der Waals surface area contributed by atoms with Crippen LogP contribution in [0.5, 0.6) is 0 Å². The lowest BCUT2D eigenvalue weighted by atomic mass is 9.98. The van der Waals surface area contributed by atoms with E-state index in [-0.39, 0.29) is 62.2 Å². The van der Waals surface area contributed by atoms with Crippen molar-refractivity contribution in [3.63, 3.8) is 0 Å². The van der Waals surface area contributed by atoms with Crippen molar-refractivity contribution in [2.75, 3.05) is 0 Å². The van der Waals surface area contributed by atoms with E-state index in [1.807, 2.05) is 27.7 Å². The molecule has 4 rings (SSSR count). The van der Waals surface area contributed by atoms with Crippen molar-refractivity contribution in [1.29, 1.82) is 0 Å². The number of carbonyl (C=O) groups excluding carboxylic acids is 10. The zero-order valence-electron chi connectivity index (χ0n) is 46.2. The van der Waals surface area contributed by atoms with E-state index in [0.717, 1.165) is 0 Å². The molecule has 2 aliphatic rings. The highest BCUT2D eigenvalue weighted by Crippen LogP contribution is 2.20. The van der Waals surface area contributed by atoms with Gasteiger partial charge in [-0.2, -0.15) is 0 Å². The second-order valence-corrected chi connectivity index (χ2v) is 22.4. The van der Waals surface area contributed by atoms with Gasteiger partial charge in [0.2, 0.25) is 47.7 Å². The summed E-state index contributed by atoms with van der Waals surface area (Å²) in [5.74, 6) is -12.2. The van der Waals surface area contributed by atoms with Gasteiger partial charge in [-0.25, -0.2) is 9.59 Å². The fraction of sp³-hybridized carbons (Fsp3) is 0.607. The van der Waals surface area contributed by atoms with Gasteiger partial charge in [-0.1, -0.05) is 144 Å². The van der Waals surface area contributed by atoms with E-state index in [1.54, 1.807) is 116 Å². The summed E-state index contributed by atoms with van der Waals surface area (Å²) in [5, 5.41) is 21.6. The van der Waals surface area contributed by atoms with E-state index in [1.165, 1.54) is 0 Å². The van der Waals surface area contributed by atoms with Crippen molar-refractivity contribution in [3.05, 3.63) is 71.8 Å².